The Morgan fingerprint density at radius 3 is 2.76 bits per heavy atom. The van der Waals surface area contributed by atoms with Gasteiger partial charge in [-0.15, -0.1) is 0 Å². The smallest absolute Gasteiger partial charge is 0.270 e. The summed E-state index contributed by atoms with van der Waals surface area (Å²) in [4.78, 5) is 27.1. The highest BCUT2D eigenvalue weighted by Gasteiger charge is 2.45. The molecule has 1 saturated heterocycles. The Balaban J connectivity index is 1.43. The maximum atomic E-state index is 13.5. The third-order valence-corrected chi connectivity index (χ3v) is 5.78. The van der Waals surface area contributed by atoms with Crippen LogP contribution in [-0.2, 0) is 20.9 Å². The Morgan fingerprint density at radius 1 is 1.24 bits per heavy atom. The molecular weight excluding hydrogens is 431 g/mol. The van der Waals surface area contributed by atoms with Gasteiger partial charge in [0.05, 0.1) is 25.5 Å². The summed E-state index contributed by atoms with van der Waals surface area (Å²) in [6.07, 6.45) is -0.278. The fourth-order valence-corrected chi connectivity index (χ4v) is 3.79. The number of carbonyl (C=O) groups is 1. The van der Waals surface area contributed by atoms with E-state index in [9.17, 15) is 14.3 Å². The highest BCUT2D eigenvalue weighted by Crippen LogP contribution is 2.33. The summed E-state index contributed by atoms with van der Waals surface area (Å²) >= 11 is 0. The van der Waals surface area contributed by atoms with Crippen molar-refractivity contribution in [1.82, 2.24) is 15.3 Å². The van der Waals surface area contributed by atoms with Gasteiger partial charge in [-0.3, -0.25) is 4.79 Å². The summed E-state index contributed by atoms with van der Waals surface area (Å²) in [6.45, 7) is 5.96. The summed E-state index contributed by atoms with van der Waals surface area (Å²) in [5.74, 6) is -0.231. The zero-order valence-electron chi connectivity index (χ0n) is 18.8. The maximum absolute atomic E-state index is 13.5. The molecule has 3 heterocycles. The minimum absolute atomic E-state index is 0.0993. The van der Waals surface area contributed by atoms with Crippen molar-refractivity contribution in [2.75, 3.05) is 19.8 Å². The lowest BCUT2D eigenvalue weighted by Gasteiger charge is -2.36. The number of benzene rings is 1. The summed E-state index contributed by atoms with van der Waals surface area (Å²) < 4.78 is 24.9. The van der Waals surface area contributed by atoms with Gasteiger partial charge in [0.1, 0.15) is 35.3 Å². The predicted octanol–water partition coefficient (Wildman–Crippen LogP) is 1.82. The van der Waals surface area contributed by atoms with Gasteiger partial charge in [-0.05, 0) is 44.0 Å². The van der Waals surface area contributed by atoms with Gasteiger partial charge in [0.25, 0.3) is 5.91 Å². The first-order valence-corrected chi connectivity index (χ1v) is 10.8. The van der Waals surface area contributed by atoms with Crippen molar-refractivity contribution >= 4 is 11.6 Å². The molecule has 2 aromatic rings. The van der Waals surface area contributed by atoms with Crippen LogP contribution in [0.4, 0.5) is 4.39 Å². The van der Waals surface area contributed by atoms with Crippen LogP contribution in [0.3, 0.4) is 0 Å². The van der Waals surface area contributed by atoms with Crippen molar-refractivity contribution in [2.45, 2.75) is 51.5 Å². The molecule has 1 aromatic heterocycles. The van der Waals surface area contributed by atoms with Gasteiger partial charge < -0.3 is 24.7 Å². The fourth-order valence-electron chi connectivity index (χ4n) is 3.79. The average molecular weight is 458 g/mol. The quantitative estimate of drug-likeness (QED) is 0.679. The normalized spacial score (nSPS) is 24.8. The molecule has 0 saturated carbocycles. The molecule has 1 amide bonds. The summed E-state index contributed by atoms with van der Waals surface area (Å²) in [6, 6.07) is 6.28. The van der Waals surface area contributed by atoms with E-state index in [4.69, 9.17) is 14.3 Å². The summed E-state index contributed by atoms with van der Waals surface area (Å²) in [7, 11) is 0. The van der Waals surface area contributed by atoms with Crippen molar-refractivity contribution in [2.24, 2.45) is 5.16 Å². The predicted molar refractivity (Wildman–Crippen MR) is 116 cm³/mol. The SMILES string of the molecule is Cc1nc(C(=O)NCc2ccc(F)c(C)c2)cc(C2=NOC(C)(C3COC(CO)CO3)C2)n1. The van der Waals surface area contributed by atoms with Crippen molar-refractivity contribution in [3.8, 4) is 0 Å². The molecule has 2 aliphatic rings. The molecule has 1 aromatic carbocycles. The zero-order valence-corrected chi connectivity index (χ0v) is 18.8. The Hall–Kier alpha value is -2.95. The van der Waals surface area contributed by atoms with Crippen molar-refractivity contribution in [1.29, 1.82) is 0 Å². The lowest BCUT2D eigenvalue weighted by atomic mass is 9.91. The second kappa shape index (κ2) is 9.50. The van der Waals surface area contributed by atoms with E-state index in [1.54, 1.807) is 32.0 Å². The number of rotatable bonds is 6. The van der Waals surface area contributed by atoms with Crippen LogP contribution in [-0.4, -0.2) is 64.3 Å². The largest absolute Gasteiger partial charge is 0.394 e. The number of hydrogen-bond acceptors (Lipinski definition) is 8. The number of amides is 1. The number of halogens is 1. The maximum Gasteiger partial charge on any atom is 0.270 e. The number of oxime groups is 1. The molecule has 1 fully saturated rings. The molecule has 0 spiro atoms. The van der Waals surface area contributed by atoms with E-state index in [1.807, 2.05) is 6.92 Å². The topological polar surface area (TPSA) is 115 Å². The number of nitrogens with zero attached hydrogens (tertiary/aromatic N) is 3. The molecule has 4 rings (SSSR count). The van der Waals surface area contributed by atoms with E-state index in [1.165, 1.54) is 6.07 Å². The van der Waals surface area contributed by atoms with E-state index in [2.05, 4.69) is 20.4 Å². The standard InChI is InChI=1S/C23H27FN4O5/c1-13-6-15(4-5-17(13)24)9-25-22(30)19-7-18(26-14(2)27-19)20-8-23(3,33-28-20)21-12-31-16(10-29)11-32-21/h4-7,16,21,29H,8-12H2,1-3H3,(H,25,30). The van der Waals surface area contributed by atoms with Crippen LogP contribution in [0.5, 0.6) is 0 Å². The van der Waals surface area contributed by atoms with Crippen LogP contribution in [0.1, 0.15) is 46.5 Å². The average Bonchev–Trinajstić information content (AvgIpc) is 3.22. The van der Waals surface area contributed by atoms with Gasteiger partial charge >= 0.3 is 0 Å². The second-order valence-electron chi connectivity index (χ2n) is 8.53. The molecule has 0 aliphatic carbocycles. The number of aromatic nitrogens is 2. The van der Waals surface area contributed by atoms with Gasteiger partial charge in [0, 0.05) is 13.0 Å². The van der Waals surface area contributed by atoms with Gasteiger partial charge in [-0.1, -0.05) is 17.3 Å². The number of ether oxygens (including phenoxy) is 2. The third kappa shape index (κ3) is 5.18. The molecule has 2 aliphatic heterocycles. The zero-order chi connectivity index (χ0) is 23.6. The molecule has 0 bridgehead atoms. The minimum Gasteiger partial charge on any atom is -0.394 e. The number of aliphatic hydroxyl groups excluding tert-OH is 1. The van der Waals surface area contributed by atoms with Crippen molar-refractivity contribution < 1.29 is 28.6 Å². The number of aliphatic hydroxyl groups is 1. The first kappa shape index (κ1) is 23.2. The number of carbonyl (C=O) groups excluding carboxylic acids is 1. The van der Waals surface area contributed by atoms with Crippen LogP contribution in [0.15, 0.2) is 29.4 Å². The van der Waals surface area contributed by atoms with Crippen LogP contribution in [0, 0.1) is 19.7 Å². The number of hydrogen-bond donors (Lipinski definition) is 2. The molecule has 10 heteroatoms. The fraction of sp³-hybridized carbons (Fsp3) is 0.478. The number of nitrogens with one attached hydrogen (secondary N) is 1. The summed E-state index contributed by atoms with van der Waals surface area (Å²) in [5, 5.41) is 16.2. The Labute approximate surface area is 191 Å². The van der Waals surface area contributed by atoms with Crippen LogP contribution in [0.2, 0.25) is 0 Å². The summed E-state index contributed by atoms with van der Waals surface area (Å²) in [5.41, 5.74) is 1.84. The van der Waals surface area contributed by atoms with Gasteiger partial charge in [0.2, 0.25) is 0 Å². The number of aryl methyl sites for hydroxylation is 2. The van der Waals surface area contributed by atoms with E-state index < -0.39 is 5.60 Å². The molecule has 176 valence electrons. The molecule has 2 N–H and O–H groups in total. The highest BCUT2D eigenvalue weighted by molar-refractivity contribution is 6.02. The first-order valence-electron chi connectivity index (χ1n) is 10.8. The lowest BCUT2D eigenvalue weighted by Crippen LogP contribution is -2.50. The van der Waals surface area contributed by atoms with Crippen LogP contribution < -0.4 is 5.32 Å². The van der Waals surface area contributed by atoms with Gasteiger partial charge in [-0.2, -0.15) is 0 Å². The third-order valence-electron chi connectivity index (χ3n) is 5.78. The van der Waals surface area contributed by atoms with E-state index >= 15 is 0 Å². The molecule has 33 heavy (non-hydrogen) atoms. The molecule has 9 nitrogen and oxygen atoms in total. The molecule has 0 radical (unpaired) electrons. The van der Waals surface area contributed by atoms with Crippen molar-refractivity contribution in [3.63, 3.8) is 0 Å². The Kier molecular flexibility index (Phi) is 6.68. The van der Waals surface area contributed by atoms with Crippen LogP contribution in [0.25, 0.3) is 0 Å². The van der Waals surface area contributed by atoms with E-state index in [0.29, 0.717) is 29.2 Å². The highest BCUT2D eigenvalue weighted by atomic mass is 19.1. The van der Waals surface area contributed by atoms with Crippen molar-refractivity contribution in [3.05, 3.63) is 58.4 Å². The monoisotopic (exact) mass is 458 g/mol. The second-order valence-corrected chi connectivity index (χ2v) is 8.53. The van der Waals surface area contributed by atoms with Crippen LogP contribution >= 0.6 is 0 Å². The van der Waals surface area contributed by atoms with E-state index in [0.717, 1.165) is 5.56 Å². The molecule has 3 atom stereocenters. The first-order chi connectivity index (χ1) is 15.8. The van der Waals surface area contributed by atoms with E-state index in [-0.39, 0.29) is 56.0 Å². The minimum atomic E-state index is -0.753. The molecule has 3 unspecified atom stereocenters. The molecular formula is C23H27FN4O5. The Morgan fingerprint density at radius 2 is 2.06 bits per heavy atom. The van der Waals surface area contributed by atoms with Gasteiger partial charge in [0.15, 0.2) is 5.60 Å². The Bertz CT molecular complexity index is 1070. The lowest BCUT2D eigenvalue weighted by molar-refractivity contribution is -0.208. The van der Waals surface area contributed by atoms with Gasteiger partial charge in [-0.25, -0.2) is 14.4 Å².